The van der Waals surface area contributed by atoms with E-state index >= 15 is 0 Å². The minimum atomic E-state index is -0.354. The van der Waals surface area contributed by atoms with Crippen molar-refractivity contribution in [3.05, 3.63) is 18.3 Å². The van der Waals surface area contributed by atoms with Crippen LogP contribution >= 0.6 is 0 Å². The Morgan fingerprint density at radius 1 is 1.32 bits per heavy atom. The minimum Gasteiger partial charge on any atom is -0.497 e. The minimum absolute atomic E-state index is 0.0110. The monoisotopic (exact) mass is 307 g/mol. The van der Waals surface area contributed by atoms with Gasteiger partial charge in [-0.15, -0.1) is 0 Å². The van der Waals surface area contributed by atoms with E-state index in [0.717, 1.165) is 11.6 Å². The van der Waals surface area contributed by atoms with Gasteiger partial charge in [0.25, 0.3) is 0 Å². The van der Waals surface area contributed by atoms with Gasteiger partial charge < -0.3 is 25.2 Å². The number of nitrogens with zero attached hydrogens (tertiary/aromatic N) is 3. The number of aromatic nitrogens is 1. The van der Waals surface area contributed by atoms with Gasteiger partial charge in [-0.3, -0.25) is 4.79 Å². The van der Waals surface area contributed by atoms with Gasteiger partial charge in [0, 0.05) is 45.5 Å². The average Bonchev–Trinajstić information content (AvgIpc) is 2.59. The highest BCUT2D eigenvalue weighted by atomic mass is 16.5. The lowest BCUT2D eigenvalue weighted by atomic mass is 10.3. The first-order valence-corrected chi connectivity index (χ1v) is 7.12. The van der Waals surface area contributed by atoms with Crippen LogP contribution in [0.3, 0.4) is 0 Å². The maximum absolute atomic E-state index is 12.0. The summed E-state index contributed by atoms with van der Waals surface area (Å²) in [6, 6.07) is 3.32. The number of piperazine rings is 1. The van der Waals surface area contributed by atoms with Crippen molar-refractivity contribution in [2.45, 2.75) is 0 Å². The average molecular weight is 307 g/mol. The number of nitrogens with one attached hydrogen (secondary N) is 2. The SMILES string of the molecule is CNC(=O)NCC(=O)N1CCN(c2cc(OC)ccn2)CC1. The number of carbonyl (C=O) groups excluding carboxylic acids is 2. The molecule has 3 amide bonds. The lowest BCUT2D eigenvalue weighted by Crippen LogP contribution is -2.52. The van der Waals surface area contributed by atoms with Gasteiger partial charge in [-0.25, -0.2) is 9.78 Å². The van der Waals surface area contributed by atoms with Crippen LogP contribution < -0.4 is 20.3 Å². The standard InChI is InChI=1S/C14H21N5O3/c1-15-14(21)17-10-13(20)19-7-5-18(6-8-19)12-9-11(22-2)3-4-16-12/h3-4,9H,5-8,10H2,1-2H3,(H2,15,17,21). The molecule has 120 valence electrons. The molecule has 1 aliphatic rings. The van der Waals surface area contributed by atoms with E-state index < -0.39 is 0 Å². The van der Waals surface area contributed by atoms with Crippen LogP contribution in [0.4, 0.5) is 10.6 Å². The number of rotatable bonds is 4. The summed E-state index contributed by atoms with van der Waals surface area (Å²) >= 11 is 0. The third-order valence-corrected chi connectivity index (χ3v) is 3.54. The molecule has 0 aliphatic carbocycles. The van der Waals surface area contributed by atoms with Crippen molar-refractivity contribution in [1.82, 2.24) is 20.5 Å². The zero-order valence-corrected chi connectivity index (χ0v) is 12.8. The number of amides is 3. The molecule has 1 aromatic heterocycles. The van der Waals surface area contributed by atoms with Crippen LogP contribution in [0.15, 0.2) is 18.3 Å². The first kappa shape index (κ1) is 15.9. The summed E-state index contributed by atoms with van der Waals surface area (Å²) in [5, 5.41) is 4.92. The molecular weight excluding hydrogens is 286 g/mol. The van der Waals surface area contributed by atoms with Crippen LogP contribution in [0.2, 0.25) is 0 Å². The van der Waals surface area contributed by atoms with Crippen molar-refractivity contribution in [2.24, 2.45) is 0 Å². The van der Waals surface area contributed by atoms with Crippen molar-refractivity contribution in [1.29, 1.82) is 0 Å². The quantitative estimate of drug-likeness (QED) is 0.795. The molecule has 0 unspecified atom stereocenters. The third-order valence-electron chi connectivity index (χ3n) is 3.54. The Balaban J connectivity index is 1.84. The smallest absolute Gasteiger partial charge is 0.314 e. The normalized spacial score (nSPS) is 14.5. The molecule has 1 aromatic rings. The van der Waals surface area contributed by atoms with Crippen molar-refractivity contribution in [3.8, 4) is 5.75 Å². The zero-order valence-electron chi connectivity index (χ0n) is 12.8. The molecule has 0 aromatic carbocycles. The second-order valence-electron chi connectivity index (χ2n) is 4.85. The summed E-state index contributed by atoms with van der Waals surface area (Å²) in [4.78, 5) is 31.2. The van der Waals surface area contributed by atoms with Gasteiger partial charge in [-0.1, -0.05) is 0 Å². The summed E-state index contributed by atoms with van der Waals surface area (Å²) < 4.78 is 5.19. The van der Waals surface area contributed by atoms with Crippen LogP contribution in [0.5, 0.6) is 5.75 Å². The second kappa shape index (κ2) is 7.48. The van der Waals surface area contributed by atoms with E-state index in [4.69, 9.17) is 4.74 Å². The fraction of sp³-hybridized carbons (Fsp3) is 0.500. The summed E-state index contributed by atoms with van der Waals surface area (Å²) in [5.74, 6) is 1.52. The van der Waals surface area contributed by atoms with E-state index in [2.05, 4.69) is 20.5 Å². The van der Waals surface area contributed by atoms with Crippen molar-refractivity contribution in [3.63, 3.8) is 0 Å². The van der Waals surface area contributed by atoms with Gasteiger partial charge >= 0.3 is 6.03 Å². The highest BCUT2D eigenvalue weighted by Gasteiger charge is 2.22. The Morgan fingerprint density at radius 2 is 2.05 bits per heavy atom. The van der Waals surface area contributed by atoms with E-state index in [1.165, 1.54) is 7.05 Å². The molecule has 1 fully saturated rings. The molecular formula is C14H21N5O3. The van der Waals surface area contributed by atoms with Crippen molar-refractivity contribution >= 4 is 17.8 Å². The number of hydrogen-bond donors (Lipinski definition) is 2. The van der Waals surface area contributed by atoms with Gasteiger partial charge in [0.1, 0.15) is 11.6 Å². The third kappa shape index (κ3) is 4.00. The van der Waals surface area contributed by atoms with Crippen LogP contribution in [0.1, 0.15) is 0 Å². The number of anilines is 1. The fourth-order valence-electron chi connectivity index (χ4n) is 2.24. The highest BCUT2D eigenvalue weighted by Crippen LogP contribution is 2.19. The van der Waals surface area contributed by atoms with Crippen molar-refractivity contribution in [2.75, 3.05) is 51.8 Å². The van der Waals surface area contributed by atoms with Crippen LogP contribution in [-0.4, -0.2) is 68.7 Å². The number of hydrogen-bond acceptors (Lipinski definition) is 5. The van der Waals surface area contributed by atoms with Crippen LogP contribution in [0, 0.1) is 0 Å². The fourth-order valence-corrected chi connectivity index (χ4v) is 2.24. The number of carbonyl (C=O) groups is 2. The molecule has 0 spiro atoms. The van der Waals surface area contributed by atoms with E-state index in [0.29, 0.717) is 26.2 Å². The zero-order chi connectivity index (χ0) is 15.9. The molecule has 2 N–H and O–H groups in total. The lowest BCUT2D eigenvalue weighted by molar-refractivity contribution is -0.130. The van der Waals surface area contributed by atoms with E-state index in [1.807, 2.05) is 6.07 Å². The summed E-state index contributed by atoms with van der Waals surface area (Å²) in [6.45, 7) is 2.62. The molecule has 0 bridgehead atoms. The molecule has 1 saturated heterocycles. The molecule has 8 heteroatoms. The molecule has 8 nitrogen and oxygen atoms in total. The number of ether oxygens (including phenoxy) is 1. The Morgan fingerprint density at radius 3 is 2.68 bits per heavy atom. The first-order valence-electron chi connectivity index (χ1n) is 7.12. The maximum atomic E-state index is 12.0. The molecule has 2 rings (SSSR count). The van der Waals surface area contributed by atoms with Gasteiger partial charge in [-0.05, 0) is 6.07 Å². The maximum Gasteiger partial charge on any atom is 0.314 e. The lowest BCUT2D eigenvalue weighted by Gasteiger charge is -2.35. The van der Waals surface area contributed by atoms with E-state index in [9.17, 15) is 9.59 Å². The molecule has 0 saturated carbocycles. The molecule has 0 radical (unpaired) electrons. The Bertz CT molecular complexity index is 529. The highest BCUT2D eigenvalue weighted by molar-refractivity contribution is 5.84. The summed E-state index contributed by atoms with van der Waals surface area (Å²) in [5.41, 5.74) is 0. The van der Waals surface area contributed by atoms with Crippen LogP contribution in [0.25, 0.3) is 0 Å². The van der Waals surface area contributed by atoms with Gasteiger partial charge in [-0.2, -0.15) is 0 Å². The van der Waals surface area contributed by atoms with Crippen molar-refractivity contribution < 1.29 is 14.3 Å². The Kier molecular flexibility index (Phi) is 5.40. The molecule has 1 aliphatic heterocycles. The Labute approximate surface area is 129 Å². The van der Waals surface area contributed by atoms with Gasteiger partial charge in [0.05, 0.1) is 13.7 Å². The topological polar surface area (TPSA) is 86.8 Å². The second-order valence-corrected chi connectivity index (χ2v) is 4.85. The molecule has 0 atom stereocenters. The predicted octanol–water partition coefficient (Wildman–Crippen LogP) is -0.332. The Hall–Kier alpha value is -2.51. The van der Waals surface area contributed by atoms with E-state index in [-0.39, 0.29) is 18.5 Å². The largest absolute Gasteiger partial charge is 0.497 e. The first-order chi connectivity index (χ1) is 10.6. The van der Waals surface area contributed by atoms with Crippen LogP contribution in [-0.2, 0) is 4.79 Å². The number of urea groups is 1. The van der Waals surface area contributed by atoms with Gasteiger partial charge in [0.2, 0.25) is 5.91 Å². The number of methoxy groups -OCH3 is 1. The van der Waals surface area contributed by atoms with E-state index in [1.54, 1.807) is 24.3 Å². The molecule has 22 heavy (non-hydrogen) atoms. The summed E-state index contributed by atoms with van der Waals surface area (Å²) in [6.07, 6.45) is 1.71. The number of pyridine rings is 1. The predicted molar refractivity (Wildman–Crippen MR) is 82.0 cm³/mol. The van der Waals surface area contributed by atoms with Gasteiger partial charge in [0.15, 0.2) is 0 Å². The molecule has 2 heterocycles. The summed E-state index contributed by atoms with van der Waals surface area (Å²) in [7, 11) is 3.13.